The average Bonchev–Trinajstić information content (AvgIpc) is 3.11. The van der Waals surface area contributed by atoms with E-state index in [0.29, 0.717) is 30.3 Å². The minimum Gasteiger partial charge on any atom is -0.444 e. The highest BCUT2D eigenvalue weighted by molar-refractivity contribution is 5.68. The van der Waals surface area contributed by atoms with Crippen molar-refractivity contribution < 1.29 is 14.3 Å². The van der Waals surface area contributed by atoms with Gasteiger partial charge in [-0.1, -0.05) is 0 Å². The number of likely N-dealkylation sites (tertiary alicyclic amines) is 1. The highest BCUT2D eigenvalue weighted by Gasteiger charge is 2.41. The first-order chi connectivity index (χ1) is 10.8. The number of nitrogens with one attached hydrogen (secondary N) is 1. The summed E-state index contributed by atoms with van der Waals surface area (Å²) < 4.78 is 11.5. The number of hydrogen-bond acceptors (Lipinski definition) is 4. The second-order valence-electron chi connectivity index (χ2n) is 8.49. The highest BCUT2D eigenvalue weighted by atomic mass is 16.6. The van der Waals surface area contributed by atoms with Gasteiger partial charge >= 0.3 is 6.09 Å². The monoisotopic (exact) mass is 324 g/mol. The minimum absolute atomic E-state index is 0.157. The summed E-state index contributed by atoms with van der Waals surface area (Å²) in [4.78, 5) is 14.3. The molecule has 1 N–H and O–H groups in total. The third-order valence-electron chi connectivity index (χ3n) is 5.24. The van der Waals surface area contributed by atoms with Crippen LogP contribution >= 0.6 is 0 Å². The van der Waals surface area contributed by atoms with Crippen molar-refractivity contribution in [3.8, 4) is 0 Å². The van der Waals surface area contributed by atoms with Crippen molar-refractivity contribution in [2.24, 2.45) is 0 Å². The molecule has 3 saturated heterocycles. The minimum atomic E-state index is -0.422. The molecule has 5 nitrogen and oxygen atoms in total. The fourth-order valence-electron chi connectivity index (χ4n) is 4.30. The summed E-state index contributed by atoms with van der Waals surface area (Å²) in [6.07, 6.45) is 7.46. The molecule has 2 bridgehead atoms. The fourth-order valence-corrected chi connectivity index (χ4v) is 4.30. The Bertz CT molecular complexity index is 434. The zero-order chi connectivity index (χ0) is 16.6. The van der Waals surface area contributed by atoms with E-state index in [1.165, 1.54) is 12.8 Å². The van der Waals surface area contributed by atoms with Gasteiger partial charge in [-0.05, 0) is 66.2 Å². The maximum Gasteiger partial charge on any atom is 0.410 e. The number of rotatable bonds is 4. The van der Waals surface area contributed by atoms with Gasteiger partial charge < -0.3 is 19.7 Å². The standard InChI is InChI=1S/C18H32N2O3/c1-12(19-15-11-14-7-8-16(15)22-14)10-13-6-5-9-20(13)17(21)23-18(2,3)4/h12-16,19H,5-11H2,1-4H3. The molecule has 0 radical (unpaired) electrons. The van der Waals surface area contributed by atoms with E-state index in [4.69, 9.17) is 9.47 Å². The van der Waals surface area contributed by atoms with Crippen molar-refractivity contribution in [1.29, 1.82) is 0 Å². The molecule has 3 fully saturated rings. The molecule has 0 aromatic heterocycles. The number of amides is 1. The van der Waals surface area contributed by atoms with Gasteiger partial charge in [0, 0.05) is 24.7 Å². The third-order valence-corrected chi connectivity index (χ3v) is 5.24. The first-order valence-electron chi connectivity index (χ1n) is 9.23. The van der Waals surface area contributed by atoms with E-state index in [9.17, 15) is 4.79 Å². The van der Waals surface area contributed by atoms with Crippen LogP contribution in [0.15, 0.2) is 0 Å². The number of nitrogens with zero attached hydrogens (tertiary/aromatic N) is 1. The first-order valence-corrected chi connectivity index (χ1v) is 9.23. The summed E-state index contributed by atoms with van der Waals surface area (Å²) in [6.45, 7) is 8.83. The van der Waals surface area contributed by atoms with Crippen LogP contribution in [0.5, 0.6) is 0 Å². The maximum atomic E-state index is 12.4. The molecule has 3 aliphatic rings. The molecular weight excluding hydrogens is 292 g/mol. The Labute approximate surface area is 140 Å². The lowest BCUT2D eigenvalue weighted by atomic mass is 9.94. The molecule has 5 heteroatoms. The van der Waals surface area contributed by atoms with E-state index in [2.05, 4.69) is 12.2 Å². The molecule has 132 valence electrons. The van der Waals surface area contributed by atoms with Gasteiger partial charge in [-0.2, -0.15) is 0 Å². The van der Waals surface area contributed by atoms with Crippen LogP contribution in [-0.2, 0) is 9.47 Å². The molecule has 1 amide bonds. The van der Waals surface area contributed by atoms with Crippen LogP contribution in [0.4, 0.5) is 4.79 Å². The Morgan fingerprint density at radius 1 is 1.35 bits per heavy atom. The summed E-state index contributed by atoms with van der Waals surface area (Å²) >= 11 is 0. The molecule has 0 aromatic rings. The largest absolute Gasteiger partial charge is 0.444 e. The second kappa shape index (κ2) is 6.60. The molecule has 0 saturated carbocycles. The van der Waals surface area contributed by atoms with Crippen molar-refractivity contribution in [1.82, 2.24) is 10.2 Å². The van der Waals surface area contributed by atoms with Gasteiger partial charge in [-0.3, -0.25) is 0 Å². The topological polar surface area (TPSA) is 50.8 Å². The lowest BCUT2D eigenvalue weighted by molar-refractivity contribution is 0.0212. The zero-order valence-electron chi connectivity index (χ0n) is 15.0. The molecular formula is C18H32N2O3. The maximum absolute atomic E-state index is 12.4. The van der Waals surface area contributed by atoms with Gasteiger partial charge in [0.15, 0.2) is 0 Å². The number of fused-ring (bicyclic) bond motifs is 2. The highest BCUT2D eigenvalue weighted by Crippen LogP contribution is 2.35. The lowest BCUT2D eigenvalue weighted by Gasteiger charge is -2.31. The quantitative estimate of drug-likeness (QED) is 0.863. The van der Waals surface area contributed by atoms with Crippen LogP contribution < -0.4 is 5.32 Å². The predicted molar refractivity (Wildman–Crippen MR) is 89.5 cm³/mol. The fraction of sp³-hybridized carbons (Fsp3) is 0.944. The van der Waals surface area contributed by atoms with Crippen LogP contribution in [0.1, 0.15) is 66.2 Å². The van der Waals surface area contributed by atoms with Gasteiger partial charge in [0.05, 0.1) is 12.2 Å². The SMILES string of the molecule is CC(CC1CCCN1C(=O)OC(C)(C)C)NC1CC2CCC1O2. The molecule has 5 atom stereocenters. The molecule has 0 aromatic carbocycles. The number of ether oxygens (including phenoxy) is 2. The van der Waals surface area contributed by atoms with E-state index >= 15 is 0 Å². The van der Waals surface area contributed by atoms with Crippen LogP contribution in [0.3, 0.4) is 0 Å². The van der Waals surface area contributed by atoms with Crippen LogP contribution in [0, 0.1) is 0 Å². The van der Waals surface area contributed by atoms with E-state index in [1.54, 1.807) is 0 Å². The molecule has 3 rings (SSSR count). The van der Waals surface area contributed by atoms with Gasteiger partial charge in [-0.15, -0.1) is 0 Å². The van der Waals surface area contributed by atoms with Crippen molar-refractivity contribution in [3.63, 3.8) is 0 Å². The number of carbonyl (C=O) groups excluding carboxylic acids is 1. The third kappa shape index (κ3) is 4.18. The average molecular weight is 324 g/mol. The molecule has 23 heavy (non-hydrogen) atoms. The molecule has 0 aliphatic carbocycles. The Morgan fingerprint density at radius 2 is 2.13 bits per heavy atom. The summed E-state index contributed by atoms with van der Waals surface area (Å²) in [6, 6.07) is 1.20. The molecule has 0 spiro atoms. The Balaban J connectivity index is 1.49. The second-order valence-corrected chi connectivity index (χ2v) is 8.49. The van der Waals surface area contributed by atoms with Crippen molar-refractivity contribution in [2.45, 2.75) is 102 Å². The van der Waals surface area contributed by atoms with E-state index in [0.717, 1.165) is 32.2 Å². The summed E-state index contributed by atoms with van der Waals surface area (Å²) in [5.74, 6) is 0. The first kappa shape index (κ1) is 17.0. The van der Waals surface area contributed by atoms with Crippen molar-refractivity contribution in [2.75, 3.05) is 6.54 Å². The number of carbonyl (C=O) groups is 1. The zero-order valence-corrected chi connectivity index (χ0v) is 15.0. The summed E-state index contributed by atoms with van der Waals surface area (Å²) in [5.41, 5.74) is -0.422. The van der Waals surface area contributed by atoms with Crippen LogP contribution in [0.25, 0.3) is 0 Å². The van der Waals surface area contributed by atoms with Crippen molar-refractivity contribution in [3.05, 3.63) is 0 Å². The Morgan fingerprint density at radius 3 is 2.74 bits per heavy atom. The predicted octanol–water partition coefficient (Wildman–Crippen LogP) is 3.07. The Hall–Kier alpha value is -0.810. The molecule has 5 unspecified atom stereocenters. The van der Waals surface area contributed by atoms with E-state index in [-0.39, 0.29) is 6.09 Å². The van der Waals surface area contributed by atoms with Gasteiger partial charge in [-0.25, -0.2) is 4.79 Å². The van der Waals surface area contributed by atoms with Crippen LogP contribution in [0.2, 0.25) is 0 Å². The van der Waals surface area contributed by atoms with Gasteiger partial charge in [0.1, 0.15) is 5.60 Å². The van der Waals surface area contributed by atoms with Gasteiger partial charge in [0.25, 0.3) is 0 Å². The normalized spacial score (nSPS) is 34.9. The van der Waals surface area contributed by atoms with E-state index in [1.807, 2.05) is 25.7 Å². The molecule has 3 heterocycles. The van der Waals surface area contributed by atoms with E-state index < -0.39 is 5.60 Å². The van der Waals surface area contributed by atoms with Crippen LogP contribution in [-0.4, -0.2) is 53.5 Å². The summed E-state index contributed by atoms with van der Waals surface area (Å²) in [7, 11) is 0. The van der Waals surface area contributed by atoms with Gasteiger partial charge in [0.2, 0.25) is 0 Å². The summed E-state index contributed by atoms with van der Waals surface area (Å²) in [5, 5.41) is 3.74. The van der Waals surface area contributed by atoms with Crippen molar-refractivity contribution >= 4 is 6.09 Å². The lowest BCUT2D eigenvalue weighted by Crippen LogP contribution is -2.46. The number of hydrogen-bond donors (Lipinski definition) is 1. The Kier molecular flexibility index (Phi) is 4.88. The molecule has 3 aliphatic heterocycles. The smallest absolute Gasteiger partial charge is 0.410 e.